The fraction of sp³-hybridized carbons (Fsp3) is 0.500. The number of carbonyl (C=O) groups is 3. The van der Waals surface area contributed by atoms with E-state index in [1.807, 2.05) is 0 Å². The summed E-state index contributed by atoms with van der Waals surface area (Å²) >= 11 is 0. The molecule has 110 valence electrons. The molecule has 6 heteroatoms. The number of carbonyl (C=O) groups excluding carboxylic acids is 3. The summed E-state index contributed by atoms with van der Waals surface area (Å²) in [6.07, 6.45) is 1.20. The van der Waals surface area contributed by atoms with Gasteiger partial charge in [0, 0.05) is 27.2 Å². The highest BCUT2D eigenvalue weighted by Gasteiger charge is 2.39. The fourth-order valence-corrected chi connectivity index (χ4v) is 2.03. The Morgan fingerprint density at radius 2 is 1.65 bits per heavy atom. The number of hydrogen-bond acceptors (Lipinski definition) is 6. The van der Waals surface area contributed by atoms with E-state index in [-0.39, 0.29) is 0 Å². The zero-order chi connectivity index (χ0) is 15.3. The molecule has 0 heterocycles. The van der Waals surface area contributed by atoms with E-state index in [2.05, 4.69) is 6.58 Å². The number of esters is 3. The molecule has 0 N–H and O–H groups in total. The van der Waals surface area contributed by atoms with Crippen LogP contribution in [0.3, 0.4) is 0 Å². The van der Waals surface area contributed by atoms with Crippen molar-refractivity contribution in [1.82, 2.24) is 0 Å². The van der Waals surface area contributed by atoms with Gasteiger partial charge in [0.25, 0.3) is 0 Å². The monoisotopic (exact) mass is 282 g/mol. The molecule has 0 saturated carbocycles. The lowest BCUT2D eigenvalue weighted by atomic mass is 9.91. The fourth-order valence-electron chi connectivity index (χ4n) is 2.03. The van der Waals surface area contributed by atoms with Crippen molar-refractivity contribution in [1.29, 1.82) is 0 Å². The topological polar surface area (TPSA) is 78.9 Å². The molecule has 0 fully saturated rings. The average Bonchev–Trinajstić information content (AvgIpc) is 2.30. The van der Waals surface area contributed by atoms with Crippen LogP contribution in [0.4, 0.5) is 0 Å². The average molecular weight is 282 g/mol. The molecular weight excluding hydrogens is 264 g/mol. The molecule has 0 radical (unpaired) electrons. The van der Waals surface area contributed by atoms with Gasteiger partial charge < -0.3 is 14.2 Å². The van der Waals surface area contributed by atoms with Gasteiger partial charge in [0.05, 0.1) is 0 Å². The Hall–Kier alpha value is -2.11. The van der Waals surface area contributed by atoms with Gasteiger partial charge in [0.15, 0.2) is 12.2 Å². The molecule has 0 aliphatic heterocycles. The van der Waals surface area contributed by atoms with Crippen LogP contribution in [-0.4, -0.2) is 36.2 Å². The van der Waals surface area contributed by atoms with Crippen molar-refractivity contribution in [3.63, 3.8) is 0 Å². The number of hydrogen-bond donors (Lipinski definition) is 0. The van der Waals surface area contributed by atoms with E-state index in [4.69, 9.17) is 14.2 Å². The van der Waals surface area contributed by atoms with Gasteiger partial charge in [0.2, 0.25) is 0 Å². The molecule has 0 saturated heterocycles. The van der Waals surface area contributed by atoms with Gasteiger partial charge in [-0.3, -0.25) is 14.4 Å². The van der Waals surface area contributed by atoms with E-state index in [1.165, 1.54) is 20.8 Å². The van der Waals surface area contributed by atoms with E-state index in [0.29, 0.717) is 6.42 Å². The van der Waals surface area contributed by atoms with Gasteiger partial charge >= 0.3 is 17.9 Å². The SMILES string of the molecule is C=CC1=C[C@@H](OC(C)=O)[C@H](OC(C)=O)[C@H](OC(C)=O)C1. The first-order valence-electron chi connectivity index (χ1n) is 6.18. The van der Waals surface area contributed by atoms with Crippen LogP contribution in [0.5, 0.6) is 0 Å². The van der Waals surface area contributed by atoms with Crippen molar-refractivity contribution in [3.05, 3.63) is 24.3 Å². The van der Waals surface area contributed by atoms with Gasteiger partial charge in [-0.2, -0.15) is 0 Å². The minimum Gasteiger partial charge on any atom is -0.458 e. The minimum atomic E-state index is -0.857. The van der Waals surface area contributed by atoms with Gasteiger partial charge in [-0.05, 0) is 11.6 Å². The Balaban J connectivity index is 3.05. The largest absolute Gasteiger partial charge is 0.458 e. The Morgan fingerprint density at radius 3 is 2.10 bits per heavy atom. The predicted octanol–water partition coefficient (Wildman–Crippen LogP) is 1.30. The summed E-state index contributed by atoms with van der Waals surface area (Å²) in [5.74, 6) is -1.56. The van der Waals surface area contributed by atoms with Crippen molar-refractivity contribution >= 4 is 17.9 Å². The van der Waals surface area contributed by atoms with Crippen LogP contribution in [0.2, 0.25) is 0 Å². The molecule has 6 nitrogen and oxygen atoms in total. The van der Waals surface area contributed by atoms with Crippen LogP contribution in [0, 0.1) is 0 Å². The molecule has 1 aliphatic rings. The third kappa shape index (κ3) is 4.53. The maximum absolute atomic E-state index is 11.2. The first-order chi connectivity index (χ1) is 9.33. The van der Waals surface area contributed by atoms with E-state index < -0.39 is 36.2 Å². The van der Waals surface area contributed by atoms with Crippen LogP contribution in [-0.2, 0) is 28.6 Å². The van der Waals surface area contributed by atoms with Gasteiger partial charge in [0.1, 0.15) is 6.10 Å². The number of ether oxygens (including phenoxy) is 3. The van der Waals surface area contributed by atoms with Crippen LogP contribution in [0.25, 0.3) is 0 Å². The normalized spacial score (nSPS) is 25.1. The molecule has 0 aromatic rings. The van der Waals surface area contributed by atoms with Crippen molar-refractivity contribution in [2.75, 3.05) is 0 Å². The summed E-state index contributed by atoms with van der Waals surface area (Å²) in [6, 6.07) is 0. The molecule has 0 aromatic heterocycles. The highest BCUT2D eigenvalue weighted by atomic mass is 16.6. The second-order valence-corrected chi connectivity index (χ2v) is 4.45. The zero-order valence-electron chi connectivity index (χ0n) is 11.8. The maximum atomic E-state index is 11.2. The highest BCUT2D eigenvalue weighted by molar-refractivity contribution is 5.68. The molecule has 1 rings (SSSR count). The van der Waals surface area contributed by atoms with Crippen LogP contribution in [0.15, 0.2) is 24.3 Å². The Morgan fingerprint density at radius 1 is 1.10 bits per heavy atom. The van der Waals surface area contributed by atoms with Gasteiger partial charge in [-0.25, -0.2) is 0 Å². The van der Waals surface area contributed by atoms with Crippen molar-refractivity contribution in [3.8, 4) is 0 Å². The summed E-state index contributed by atoms with van der Waals surface area (Å²) in [5, 5.41) is 0. The quantitative estimate of drug-likeness (QED) is 0.571. The highest BCUT2D eigenvalue weighted by Crippen LogP contribution is 2.27. The molecule has 20 heavy (non-hydrogen) atoms. The second kappa shape index (κ2) is 6.88. The van der Waals surface area contributed by atoms with E-state index >= 15 is 0 Å². The summed E-state index contributed by atoms with van der Waals surface area (Å²) in [4.78, 5) is 33.5. The van der Waals surface area contributed by atoms with Gasteiger partial charge in [-0.15, -0.1) is 0 Å². The zero-order valence-corrected chi connectivity index (χ0v) is 11.8. The Labute approximate surface area is 117 Å². The lowest BCUT2D eigenvalue weighted by Crippen LogP contribution is -2.46. The summed E-state index contributed by atoms with van der Waals surface area (Å²) in [5.41, 5.74) is 0.755. The number of rotatable bonds is 4. The van der Waals surface area contributed by atoms with Crippen molar-refractivity contribution in [2.24, 2.45) is 0 Å². The smallest absolute Gasteiger partial charge is 0.303 e. The van der Waals surface area contributed by atoms with E-state index in [1.54, 1.807) is 12.2 Å². The summed E-state index contributed by atoms with van der Waals surface area (Å²) in [6.45, 7) is 7.39. The standard InChI is InChI=1S/C14H18O6/c1-5-11-6-12(18-8(2)15)14(20-10(4)17)13(7-11)19-9(3)16/h5-6,12-14H,1,7H2,2-4H3/t12-,13-,14+/m1/s1. The van der Waals surface area contributed by atoms with Crippen molar-refractivity contribution < 1.29 is 28.6 Å². The van der Waals surface area contributed by atoms with Crippen molar-refractivity contribution in [2.45, 2.75) is 45.5 Å². The maximum Gasteiger partial charge on any atom is 0.303 e. The summed E-state index contributed by atoms with van der Waals surface area (Å²) in [7, 11) is 0. The third-order valence-electron chi connectivity index (χ3n) is 2.69. The molecule has 1 aliphatic carbocycles. The van der Waals surface area contributed by atoms with Crippen LogP contribution >= 0.6 is 0 Å². The lowest BCUT2D eigenvalue weighted by Gasteiger charge is -2.34. The molecule has 0 amide bonds. The molecule has 0 unspecified atom stereocenters. The molecular formula is C14H18O6. The number of allylic oxidation sites excluding steroid dienone is 1. The predicted molar refractivity (Wildman–Crippen MR) is 69.6 cm³/mol. The molecule has 0 aromatic carbocycles. The van der Waals surface area contributed by atoms with Crippen LogP contribution < -0.4 is 0 Å². The lowest BCUT2D eigenvalue weighted by molar-refractivity contribution is -0.180. The minimum absolute atomic E-state index is 0.346. The first kappa shape index (κ1) is 15.9. The third-order valence-corrected chi connectivity index (χ3v) is 2.69. The van der Waals surface area contributed by atoms with E-state index in [0.717, 1.165) is 5.57 Å². The van der Waals surface area contributed by atoms with Crippen LogP contribution in [0.1, 0.15) is 27.2 Å². The molecule has 0 bridgehead atoms. The van der Waals surface area contributed by atoms with E-state index in [9.17, 15) is 14.4 Å². The molecule has 3 atom stereocenters. The Kier molecular flexibility index (Phi) is 5.49. The van der Waals surface area contributed by atoms with Gasteiger partial charge in [-0.1, -0.05) is 12.7 Å². The Bertz CT molecular complexity index is 451. The second-order valence-electron chi connectivity index (χ2n) is 4.45. The first-order valence-corrected chi connectivity index (χ1v) is 6.18. The summed E-state index contributed by atoms with van der Waals surface area (Å²) < 4.78 is 15.4. The molecule has 0 spiro atoms.